The van der Waals surface area contributed by atoms with Gasteiger partial charge >= 0.3 is 0 Å². The van der Waals surface area contributed by atoms with Crippen molar-refractivity contribution in [2.24, 2.45) is 0 Å². The van der Waals surface area contributed by atoms with Crippen LogP contribution in [0.3, 0.4) is 0 Å². The smallest absolute Gasteiger partial charge is 0.166 e. The molecule has 3 aromatic rings. The van der Waals surface area contributed by atoms with Gasteiger partial charge in [0.05, 0.1) is 10.9 Å². The molecular weight excluding hydrogens is 266 g/mol. The van der Waals surface area contributed by atoms with Crippen LogP contribution < -0.4 is 0 Å². The Morgan fingerprint density at radius 3 is 2.72 bits per heavy atom. The van der Waals surface area contributed by atoms with Crippen LogP contribution in [0.2, 0.25) is 0 Å². The molecule has 0 aliphatic heterocycles. The second-order valence-corrected chi connectivity index (χ2v) is 5.61. The average Bonchev–Trinajstić information content (AvgIpc) is 2.88. The lowest BCUT2D eigenvalue weighted by Crippen LogP contribution is -1.84. The van der Waals surface area contributed by atoms with Crippen LogP contribution in [0.5, 0.6) is 0 Å². The highest BCUT2D eigenvalue weighted by Gasteiger charge is 2.11. The van der Waals surface area contributed by atoms with Crippen molar-refractivity contribution in [3.05, 3.63) is 41.4 Å². The van der Waals surface area contributed by atoms with E-state index >= 15 is 0 Å². The summed E-state index contributed by atoms with van der Waals surface area (Å²) in [7, 11) is 0. The molecule has 3 nitrogen and oxygen atoms in total. The van der Waals surface area contributed by atoms with Gasteiger partial charge in [-0.3, -0.25) is 0 Å². The molecule has 0 aliphatic rings. The van der Waals surface area contributed by atoms with Crippen molar-refractivity contribution >= 4 is 33.8 Å². The maximum atomic E-state index is 5.99. The molecule has 0 saturated heterocycles. The maximum absolute atomic E-state index is 5.99. The van der Waals surface area contributed by atoms with E-state index in [2.05, 4.69) is 15.2 Å². The minimum atomic E-state index is -0.114. The lowest BCUT2D eigenvalue weighted by atomic mass is 10.2. The van der Waals surface area contributed by atoms with E-state index < -0.39 is 0 Å². The van der Waals surface area contributed by atoms with Crippen LogP contribution in [0.15, 0.2) is 36.4 Å². The first kappa shape index (κ1) is 11.6. The fourth-order valence-corrected chi connectivity index (χ4v) is 2.60. The standard InChI is InChI=1S/C13H10ClN3S/c1-8(14)12-16-17-13(18-12)11-7-6-9-4-2-3-5-10(9)15-11/h2-8H,1H3. The maximum Gasteiger partial charge on any atom is 0.166 e. The Labute approximate surface area is 113 Å². The molecule has 1 unspecified atom stereocenters. The number of benzene rings is 1. The Morgan fingerprint density at radius 2 is 1.94 bits per heavy atom. The number of nitrogens with zero attached hydrogens (tertiary/aromatic N) is 3. The molecule has 5 heteroatoms. The highest BCUT2D eigenvalue weighted by molar-refractivity contribution is 7.14. The lowest BCUT2D eigenvalue weighted by molar-refractivity contribution is 0.961. The van der Waals surface area contributed by atoms with E-state index in [1.54, 1.807) is 0 Å². The Morgan fingerprint density at radius 1 is 1.11 bits per heavy atom. The molecule has 0 bridgehead atoms. The minimum absolute atomic E-state index is 0.114. The SMILES string of the molecule is CC(Cl)c1nnc(-c2ccc3ccccc3n2)s1. The summed E-state index contributed by atoms with van der Waals surface area (Å²) in [5.41, 5.74) is 1.81. The van der Waals surface area contributed by atoms with Crippen LogP contribution in [0.1, 0.15) is 17.3 Å². The normalized spacial score (nSPS) is 12.8. The quantitative estimate of drug-likeness (QED) is 0.662. The van der Waals surface area contributed by atoms with Gasteiger partial charge in [0, 0.05) is 5.39 Å². The first-order valence-electron chi connectivity index (χ1n) is 5.57. The van der Waals surface area contributed by atoms with Gasteiger partial charge in [-0.1, -0.05) is 35.6 Å². The summed E-state index contributed by atoms with van der Waals surface area (Å²) in [6, 6.07) is 12.0. The van der Waals surface area contributed by atoms with Crippen LogP contribution >= 0.6 is 22.9 Å². The largest absolute Gasteiger partial charge is 0.245 e. The van der Waals surface area contributed by atoms with Crippen molar-refractivity contribution in [3.8, 4) is 10.7 Å². The molecule has 1 aromatic carbocycles. The third-order valence-electron chi connectivity index (χ3n) is 2.60. The lowest BCUT2D eigenvalue weighted by Gasteiger charge is -1.98. The zero-order valence-corrected chi connectivity index (χ0v) is 11.2. The van der Waals surface area contributed by atoms with Crippen LogP contribution in [0, 0.1) is 0 Å². The summed E-state index contributed by atoms with van der Waals surface area (Å²) in [6.07, 6.45) is 0. The predicted octanol–water partition coefficient (Wildman–Crippen LogP) is 4.05. The van der Waals surface area contributed by atoms with Crippen molar-refractivity contribution in [2.75, 3.05) is 0 Å². The van der Waals surface area contributed by atoms with Gasteiger partial charge in [-0.25, -0.2) is 4.98 Å². The van der Waals surface area contributed by atoms with Crippen molar-refractivity contribution < 1.29 is 0 Å². The van der Waals surface area contributed by atoms with Gasteiger partial charge in [-0.15, -0.1) is 21.8 Å². The predicted molar refractivity (Wildman–Crippen MR) is 74.9 cm³/mol. The number of hydrogen-bond donors (Lipinski definition) is 0. The van der Waals surface area contributed by atoms with E-state index in [1.165, 1.54) is 11.3 Å². The van der Waals surface area contributed by atoms with Crippen LogP contribution in [0.25, 0.3) is 21.6 Å². The summed E-state index contributed by atoms with van der Waals surface area (Å²) in [4.78, 5) is 4.58. The molecule has 2 heterocycles. The monoisotopic (exact) mass is 275 g/mol. The minimum Gasteiger partial charge on any atom is -0.245 e. The summed E-state index contributed by atoms with van der Waals surface area (Å²) in [5, 5.41) is 10.8. The van der Waals surface area contributed by atoms with Gasteiger partial charge in [0.2, 0.25) is 0 Å². The van der Waals surface area contributed by atoms with Crippen LogP contribution in [0.4, 0.5) is 0 Å². The number of hydrogen-bond acceptors (Lipinski definition) is 4. The highest BCUT2D eigenvalue weighted by atomic mass is 35.5. The van der Waals surface area contributed by atoms with Crippen LogP contribution in [-0.2, 0) is 0 Å². The topological polar surface area (TPSA) is 38.7 Å². The molecule has 3 rings (SSSR count). The van der Waals surface area contributed by atoms with E-state index in [0.29, 0.717) is 0 Å². The van der Waals surface area contributed by atoms with Gasteiger partial charge in [-0.05, 0) is 19.1 Å². The van der Waals surface area contributed by atoms with E-state index in [1.807, 2.05) is 43.3 Å². The van der Waals surface area contributed by atoms with Gasteiger partial charge in [0.25, 0.3) is 0 Å². The van der Waals surface area contributed by atoms with Crippen LogP contribution in [-0.4, -0.2) is 15.2 Å². The average molecular weight is 276 g/mol. The first-order valence-corrected chi connectivity index (χ1v) is 6.83. The molecule has 0 spiro atoms. The fourth-order valence-electron chi connectivity index (χ4n) is 1.68. The summed E-state index contributed by atoms with van der Waals surface area (Å²) in [5.74, 6) is 0. The number of alkyl halides is 1. The van der Waals surface area contributed by atoms with E-state index in [4.69, 9.17) is 11.6 Å². The summed E-state index contributed by atoms with van der Waals surface area (Å²) < 4.78 is 0. The number of pyridine rings is 1. The van der Waals surface area contributed by atoms with Crippen molar-refractivity contribution in [1.82, 2.24) is 15.2 Å². The number of halogens is 1. The Kier molecular flexibility index (Phi) is 2.97. The van der Waals surface area contributed by atoms with Gasteiger partial charge in [0.1, 0.15) is 10.7 Å². The second-order valence-electron chi connectivity index (χ2n) is 3.95. The molecule has 18 heavy (non-hydrogen) atoms. The number of aromatic nitrogens is 3. The Hall–Kier alpha value is -1.52. The molecule has 0 fully saturated rings. The third-order valence-corrected chi connectivity index (χ3v) is 4.06. The van der Waals surface area contributed by atoms with Crippen molar-refractivity contribution in [3.63, 3.8) is 0 Å². The molecule has 0 N–H and O–H groups in total. The van der Waals surface area contributed by atoms with E-state index in [9.17, 15) is 0 Å². The van der Waals surface area contributed by atoms with Gasteiger partial charge in [-0.2, -0.15) is 0 Å². The summed E-state index contributed by atoms with van der Waals surface area (Å²) >= 11 is 7.47. The summed E-state index contributed by atoms with van der Waals surface area (Å²) in [6.45, 7) is 1.89. The number of para-hydroxylation sites is 1. The molecule has 90 valence electrons. The Balaban J connectivity index is 2.07. The first-order chi connectivity index (χ1) is 8.74. The highest BCUT2D eigenvalue weighted by Crippen LogP contribution is 2.29. The fraction of sp³-hybridized carbons (Fsp3) is 0.154. The van der Waals surface area contributed by atoms with E-state index in [0.717, 1.165) is 26.6 Å². The Bertz CT molecular complexity index is 693. The molecular formula is C13H10ClN3S. The molecule has 0 aliphatic carbocycles. The van der Waals surface area contributed by atoms with Crippen molar-refractivity contribution in [2.45, 2.75) is 12.3 Å². The van der Waals surface area contributed by atoms with Crippen molar-refractivity contribution in [1.29, 1.82) is 0 Å². The molecule has 1 atom stereocenters. The molecule has 0 radical (unpaired) electrons. The molecule has 2 aromatic heterocycles. The number of rotatable bonds is 2. The van der Waals surface area contributed by atoms with Gasteiger partial charge < -0.3 is 0 Å². The third kappa shape index (κ3) is 2.09. The van der Waals surface area contributed by atoms with E-state index in [-0.39, 0.29) is 5.38 Å². The molecule has 0 amide bonds. The zero-order chi connectivity index (χ0) is 12.5. The van der Waals surface area contributed by atoms with Gasteiger partial charge in [0.15, 0.2) is 5.01 Å². The molecule has 0 saturated carbocycles. The second kappa shape index (κ2) is 4.63. The zero-order valence-electron chi connectivity index (χ0n) is 9.67. The number of fused-ring (bicyclic) bond motifs is 1.